The van der Waals surface area contributed by atoms with E-state index < -0.39 is 0 Å². The van der Waals surface area contributed by atoms with Gasteiger partial charge in [-0.2, -0.15) is 4.73 Å². The molecule has 2 aromatic rings. The summed E-state index contributed by atoms with van der Waals surface area (Å²) in [6.07, 6.45) is 2.01. The zero-order valence-electron chi connectivity index (χ0n) is 8.31. The summed E-state index contributed by atoms with van der Waals surface area (Å²) in [5.74, 6) is 1.03. The normalized spacial score (nSPS) is 13.9. The van der Waals surface area contributed by atoms with Crippen LogP contribution in [0.3, 0.4) is 0 Å². The zero-order chi connectivity index (χ0) is 10.1. The summed E-state index contributed by atoms with van der Waals surface area (Å²) in [4.78, 5) is 5.48. The Morgan fingerprint density at radius 3 is 2.80 bits per heavy atom. The van der Waals surface area contributed by atoms with Crippen molar-refractivity contribution in [2.75, 3.05) is 18.5 Å². The van der Waals surface area contributed by atoms with Crippen LogP contribution in [0.2, 0.25) is 0 Å². The maximum atomic E-state index is 5.48. The van der Waals surface area contributed by atoms with Crippen LogP contribution in [0, 0.1) is 0 Å². The van der Waals surface area contributed by atoms with Gasteiger partial charge in [0, 0.05) is 5.56 Å². The summed E-state index contributed by atoms with van der Waals surface area (Å²) >= 11 is 0. The summed E-state index contributed by atoms with van der Waals surface area (Å²) in [6.45, 7) is 1.59. The van der Waals surface area contributed by atoms with E-state index in [9.17, 15) is 0 Å². The number of anilines is 1. The molecule has 1 aromatic carbocycles. The number of nitrogens with one attached hydrogen (secondary N) is 1. The third-order valence-electron chi connectivity index (χ3n) is 2.53. The molecular formula is C12H12N2O. The Labute approximate surface area is 88.2 Å². The Hall–Kier alpha value is -1.90. The predicted molar refractivity (Wildman–Crippen MR) is 59.8 cm³/mol. The first-order chi connectivity index (χ1) is 7.43. The molecule has 1 aliphatic heterocycles. The van der Waals surface area contributed by atoms with Gasteiger partial charge in [-0.3, -0.25) is 0 Å². The molecule has 0 aliphatic carbocycles. The highest BCUT2D eigenvalue weighted by atomic mass is 16.7. The molecule has 0 spiro atoms. The Balaban J connectivity index is 2.03. The van der Waals surface area contributed by atoms with Crippen LogP contribution in [0.25, 0.3) is 11.1 Å². The van der Waals surface area contributed by atoms with Gasteiger partial charge in [-0.05, 0) is 11.6 Å². The summed E-state index contributed by atoms with van der Waals surface area (Å²) in [6, 6.07) is 12.4. The van der Waals surface area contributed by atoms with E-state index in [4.69, 9.17) is 4.84 Å². The van der Waals surface area contributed by atoms with E-state index in [-0.39, 0.29) is 0 Å². The molecule has 15 heavy (non-hydrogen) atoms. The predicted octanol–water partition coefficient (Wildman–Crippen LogP) is 2.01. The average molecular weight is 200 g/mol. The first-order valence-electron chi connectivity index (χ1n) is 5.08. The highest BCUT2D eigenvalue weighted by Gasteiger charge is 2.11. The van der Waals surface area contributed by atoms with Gasteiger partial charge in [-0.15, -0.1) is 0 Å². The lowest BCUT2D eigenvalue weighted by molar-refractivity contribution is 0.112. The van der Waals surface area contributed by atoms with Crippen molar-refractivity contribution >= 4 is 5.82 Å². The van der Waals surface area contributed by atoms with Crippen LogP contribution < -0.4 is 10.2 Å². The second-order valence-electron chi connectivity index (χ2n) is 3.57. The monoisotopic (exact) mass is 200 g/mol. The molecule has 0 bridgehead atoms. The van der Waals surface area contributed by atoms with Crippen LogP contribution in [0.4, 0.5) is 5.82 Å². The van der Waals surface area contributed by atoms with E-state index in [1.54, 1.807) is 4.73 Å². The van der Waals surface area contributed by atoms with Gasteiger partial charge in [0.1, 0.15) is 12.4 Å². The number of rotatable bonds is 1. The van der Waals surface area contributed by atoms with Gasteiger partial charge >= 0.3 is 0 Å². The summed E-state index contributed by atoms with van der Waals surface area (Å²) in [7, 11) is 0. The molecule has 0 saturated heterocycles. The van der Waals surface area contributed by atoms with Crippen molar-refractivity contribution in [2.24, 2.45) is 0 Å². The Morgan fingerprint density at radius 1 is 1.13 bits per heavy atom. The molecule has 0 atom stereocenters. The number of benzene rings is 1. The maximum absolute atomic E-state index is 5.48. The fraction of sp³-hybridized carbons (Fsp3) is 0.167. The molecule has 0 amide bonds. The van der Waals surface area contributed by atoms with E-state index in [2.05, 4.69) is 23.5 Å². The van der Waals surface area contributed by atoms with E-state index >= 15 is 0 Å². The van der Waals surface area contributed by atoms with Crippen molar-refractivity contribution in [1.82, 2.24) is 4.73 Å². The van der Waals surface area contributed by atoms with Gasteiger partial charge in [-0.25, -0.2) is 0 Å². The lowest BCUT2D eigenvalue weighted by Crippen LogP contribution is -2.26. The highest BCUT2D eigenvalue weighted by molar-refractivity contribution is 5.67. The molecule has 1 N–H and O–H groups in total. The minimum absolute atomic E-state index is 0.718. The maximum Gasteiger partial charge on any atom is 0.143 e. The van der Waals surface area contributed by atoms with Crippen LogP contribution in [0.15, 0.2) is 42.6 Å². The molecule has 76 valence electrons. The lowest BCUT2D eigenvalue weighted by Gasteiger charge is -2.17. The second-order valence-corrected chi connectivity index (χ2v) is 3.57. The summed E-state index contributed by atoms with van der Waals surface area (Å²) in [5.41, 5.74) is 2.39. The summed E-state index contributed by atoms with van der Waals surface area (Å²) in [5, 5.41) is 3.29. The smallest absolute Gasteiger partial charge is 0.143 e. The molecular weight excluding hydrogens is 188 g/mol. The molecule has 0 radical (unpaired) electrons. The number of hydrogen-bond acceptors (Lipinski definition) is 2. The van der Waals surface area contributed by atoms with Crippen LogP contribution >= 0.6 is 0 Å². The fourth-order valence-electron chi connectivity index (χ4n) is 1.79. The quantitative estimate of drug-likeness (QED) is 0.762. The highest BCUT2D eigenvalue weighted by Crippen LogP contribution is 2.24. The molecule has 0 saturated carbocycles. The fourth-order valence-corrected chi connectivity index (χ4v) is 1.79. The lowest BCUT2D eigenvalue weighted by atomic mass is 10.1. The van der Waals surface area contributed by atoms with E-state index in [1.165, 1.54) is 11.1 Å². The van der Waals surface area contributed by atoms with Gasteiger partial charge in [0.15, 0.2) is 0 Å². The van der Waals surface area contributed by atoms with Crippen LogP contribution in [-0.2, 0) is 0 Å². The number of nitrogens with zero attached hydrogens (tertiary/aromatic N) is 1. The van der Waals surface area contributed by atoms with Crippen molar-refractivity contribution in [3.63, 3.8) is 0 Å². The van der Waals surface area contributed by atoms with Gasteiger partial charge in [0.2, 0.25) is 0 Å². The molecule has 2 heterocycles. The van der Waals surface area contributed by atoms with Gasteiger partial charge in [-0.1, -0.05) is 30.3 Å². The zero-order valence-corrected chi connectivity index (χ0v) is 8.31. The molecule has 3 heteroatoms. The van der Waals surface area contributed by atoms with E-state index in [0.717, 1.165) is 19.0 Å². The third kappa shape index (κ3) is 1.46. The third-order valence-corrected chi connectivity index (χ3v) is 2.53. The molecule has 1 aromatic heterocycles. The van der Waals surface area contributed by atoms with Crippen LogP contribution in [0.5, 0.6) is 0 Å². The first-order valence-corrected chi connectivity index (χ1v) is 5.08. The molecule has 0 unspecified atom stereocenters. The standard InChI is InChI=1S/C12H12N2O/c1-2-4-10(5-3-1)11-8-12-13-6-7-15-14(12)9-11/h1-5,8-9,13H,6-7H2. The minimum atomic E-state index is 0.718. The number of hydrogen-bond donors (Lipinski definition) is 1. The summed E-state index contributed by atoms with van der Waals surface area (Å²) < 4.78 is 1.80. The van der Waals surface area contributed by atoms with Gasteiger partial charge in [0.25, 0.3) is 0 Å². The van der Waals surface area contributed by atoms with Crippen molar-refractivity contribution in [3.05, 3.63) is 42.6 Å². The molecule has 1 aliphatic rings. The van der Waals surface area contributed by atoms with Crippen molar-refractivity contribution in [3.8, 4) is 11.1 Å². The molecule has 3 rings (SSSR count). The molecule has 0 fully saturated rings. The van der Waals surface area contributed by atoms with Crippen molar-refractivity contribution < 1.29 is 4.84 Å². The SMILES string of the molecule is c1ccc(-c2cc3n(c2)OCCN3)cc1. The van der Waals surface area contributed by atoms with E-state index in [1.807, 2.05) is 24.4 Å². The van der Waals surface area contributed by atoms with Crippen LogP contribution in [-0.4, -0.2) is 17.9 Å². The van der Waals surface area contributed by atoms with E-state index in [0.29, 0.717) is 0 Å². The number of aromatic nitrogens is 1. The van der Waals surface area contributed by atoms with Crippen molar-refractivity contribution in [2.45, 2.75) is 0 Å². The average Bonchev–Trinajstić information content (AvgIpc) is 2.74. The van der Waals surface area contributed by atoms with Gasteiger partial charge in [0.05, 0.1) is 12.7 Å². The van der Waals surface area contributed by atoms with Crippen LogP contribution in [0.1, 0.15) is 0 Å². The van der Waals surface area contributed by atoms with Crippen molar-refractivity contribution in [1.29, 1.82) is 0 Å². The Morgan fingerprint density at radius 2 is 2.00 bits per heavy atom. The minimum Gasteiger partial charge on any atom is -0.411 e. The number of fused-ring (bicyclic) bond motifs is 1. The first kappa shape index (κ1) is 8.41. The van der Waals surface area contributed by atoms with Gasteiger partial charge < -0.3 is 10.2 Å². The Bertz CT molecular complexity index is 438. The second kappa shape index (κ2) is 3.35. The largest absolute Gasteiger partial charge is 0.411 e. The molecule has 3 nitrogen and oxygen atoms in total. The topological polar surface area (TPSA) is 26.2 Å². The Kier molecular flexibility index (Phi) is 1.88.